The molecule has 25 heavy (non-hydrogen) atoms. The second-order valence-electron chi connectivity index (χ2n) is 5.72. The number of aromatic amines is 1. The zero-order valence-corrected chi connectivity index (χ0v) is 13.5. The SMILES string of the molecule is O=c1[nH]c2cc3c(cc2cc1/C=N/NCc1ccccc1)OCCO3. The molecule has 2 heterocycles. The lowest BCUT2D eigenvalue weighted by molar-refractivity contribution is 0.172. The molecule has 0 unspecified atom stereocenters. The number of H-pyrrole nitrogens is 1. The molecule has 0 saturated heterocycles. The maximum absolute atomic E-state index is 12.2. The van der Waals surface area contributed by atoms with E-state index >= 15 is 0 Å². The van der Waals surface area contributed by atoms with Crippen molar-refractivity contribution in [1.82, 2.24) is 10.4 Å². The third-order valence-corrected chi connectivity index (χ3v) is 3.96. The van der Waals surface area contributed by atoms with Gasteiger partial charge in [0.05, 0.1) is 23.8 Å². The molecule has 0 saturated carbocycles. The Morgan fingerprint density at radius 3 is 2.64 bits per heavy atom. The summed E-state index contributed by atoms with van der Waals surface area (Å²) in [6.45, 7) is 1.64. The van der Waals surface area contributed by atoms with Gasteiger partial charge in [0.15, 0.2) is 11.5 Å². The minimum absolute atomic E-state index is 0.200. The van der Waals surface area contributed by atoms with Crippen molar-refractivity contribution < 1.29 is 9.47 Å². The van der Waals surface area contributed by atoms with E-state index in [9.17, 15) is 4.79 Å². The van der Waals surface area contributed by atoms with Gasteiger partial charge in [-0.3, -0.25) is 4.79 Å². The Labute approximate surface area is 144 Å². The number of hydrogen-bond donors (Lipinski definition) is 2. The lowest BCUT2D eigenvalue weighted by Crippen LogP contribution is -2.16. The number of aromatic nitrogens is 1. The third kappa shape index (κ3) is 3.33. The third-order valence-electron chi connectivity index (χ3n) is 3.96. The van der Waals surface area contributed by atoms with Crippen LogP contribution in [0.3, 0.4) is 0 Å². The summed E-state index contributed by atoms with van der Waals surface area (Å²) in [5.41, 5.74) is 5.06. The van der Waals surface area contributed by atoms with Gasteiger partial charge in [0.1, 0.15) is 13.2 Å². The Hall–Kier alpha value is -3.28. The lowest BCUT2D eigenvalue weighted by Gasteiger charge is -2.18. The van der Waals surface area contributed by atoms with Gasteiger partial charge in [0.25, 0.3) is 5.56 Å². The monoisotopic (exact) mass is 335 g/mol. The van der Waals surface area contributed by atoms with E-state index in [-0.39, 0.29) is 5.56 Å². The van der Waals surface area contributed by atoms with Crippen LogP contribution in [0.15, 0.2) is 58.4 Å². The fourth-order valence-corrected chi connectivity index (χ4v) is 2.70. The number of benzene rings is 2. The predicted octanol–water partition coefficient (Wildman–Crippen LogP) is 2.42. The van der Waals surface area contributed by atoms with E-state index in [1.807, 2.05) is 36.4 Å². The van der Waals surface area contributed by atoms with Crippen LogP contribution in [0.2, 0.25) is 0 Å². The summed E-state index contributed by atoms with van der Waals surface area (Å²) in [5, 5.41) is 5.01. The number of pyridine rings is 1. The zero-order valence-electron chi connectivity index (χ0n) is 13.5. The van der Waals surface area contributed by atoms with Gasteiger partial charge in [-0.25, -0.2) is 0 Å². The largest absolute Gasteiger partial charge is 0.486 e. The van der Waals surface area contributed by atoms with E-state index in [1.54, 1.807) is 12.1 Å². The molecule has 1 aliphatic heterocycles. The molecule has 0 amide bonds. The first kappa shape index (κ1) is 15.3. The second kappa shape index (κ2) is 6.68. The number of fused-ring (bicyclic) bond motifs is 2. The van der Waals surface area contributed by atoms with Crippen molar-refractivity contribution in [1.29, 1.82) is 0 Å². The molecule has 0 aliphatic carbocycles. The summed E-state index contributed by atoms with van der Waals surface area (Å²) in [6.07, 6.45) is 1.53. The number of rotatable bonds is 4. The summed E-state index contributed by atoms with van der Waals surface area (Å²) in [5.74, 6) is 1.34. The van der Waals surface area contributed by atoms with Crippen LogP contribution in [0, 0.1) is 0 Å². The normalized spacial score (nSPS) is 13.3. The van der Waals surface area contributed by atoms with E-state index in [0.29, 0.717) is 42.3 Å². The van der Waals surface area contributed by atoms with E-state index in [2.05, 4.69) is 15.5 Å². The van der Waals surface area contributed by atoms with Gasteiger partial charge in [0, 0.05) is 11.5 Å². The Bertz CT molecular complexity index is 980. The number of nitrogens with one attached hydrogen (secondary N) is 2. The van der Waals surface area contributed by atoms with Crippen molar-refractivity contribution in [2.24, 2.45) is 5.10 Å². The standard InChI is InChI=1S/C19H17N3O3/c23-19-15(12-21-20-11-13-4-2-1-3-5-13)8-14-9-17-18(10-16(14)22-19)25-7-6-24-17/h1-5,8-10,12,20H,6-7,11H2,(H,22,23)/b21-12+. The van der Waals surface area contributed by atoms with Crippen LogP contribution in [-0.4, -0.2) is 24.4 Å². The average molecular weight is 335 g/mol. The van der Waals surface area contributed by atoms with Gasteiger partial charge in [-0.05, 0) is 17.7 Å². The second-order valence-corrected chi connectivity index (χ2v) is 5.72. The number of ether oxygens (including phenoxy) is 2. The molecule has 4 rings (SSSR count). The quantitative estimate of drug-likeness (QED) is 0.567. The highest BCUT2D eigenvalue weighted by molar-refractivity contribution is 5.89. The maximum Gasteiger partial charge on any atom is 0.257 e. The fraction of sp³-hybridized carbons (Fsp3) is 0.158. The topological polar surface area (TPSA) is 75.7 Å². The van der Waals surface area contributed by atoms with Crippen molar-refractivity contribution in [3.63, 3.8) is 0 Å². The first-order chi connectivity index (χ1) is 12.3. The molecule has 0 radical (unpaired) electrons. The Morgan fingerprint density at radius 1 is 1.08 bits per heavy atom. The highest BCUT2D eigenvalue weighted by Crippen LogP contribution is 2.33. The first-order valence-electron chi connectivity index (χ1n) is 8.06. The van der Waals surface area contributed by atoms with Gasteiger partial charge in [-0.15, -0.1) is 0 Å². The van der Waals surface area contributed by atoms with E-state index < -0.39 is 0 Å². The first-order valence-corrected chi connectivity index (χ1v) is 8.06. The van der Waals surface area contributed by atoms with Crippen molar-refractivity contribution >= 4 is 17.1 Å². The predicted molar refractivity (Wildman–Crippen MR) is 96.4 cm³/mol. The molecule has 2 aromatic carbocycles. The smallest absolute Gasteiger partial charge is 0.257 e. The maximum atomic E-state index is 12.2. The van der Waals surface area contributed by atoms with E-state index in [4.69, 9.17) is 9.47 Å². The summed E-state index contributed by atoms with van der Waals surface area (Å²) >= 11 is 0. The molecule has 1 aromatic heterocycles. The summed E-state index contributed by atoms with van der Waals surface area (Å²) in [7, 11) is 0. The molecule has 126 valence electrons. The van der Waals surface area contributed by atoms with Crippen LogP contribution in [0.25, 0.3) is 10.9 Å². The van der Waals surface area contributed by atoms with Gasteiger partial charge in [0.2, 0.25) is 0 Å². The van der Waals surface area contributed by atoms with Crippen molar-refractivity contribution in [2.45, 2.75) is 6.54 Å². The van der Waals surface area contributed by atoms with Crippen LogP contribution < -0.4 is 20.5 Å². The van der Waals surface area contributed by atoms with E-state index in [0.717, 1.165) is 10.9 Å². The van der Waals surface area contributed by atoms with Crippen molar-refractivity contribution in [2.75, 3.05) is 13.2 Å². The molecule has 0 fully saturated rings. The fourth-order valence-electron chi connectivity index (χ4n) is 2.70. The van der Waals surface area contributed by atoms with Gasteiger partial charge in [-0.1, -0.05) is 30.3 Å². The Kier molecular flexibility index (Phi) is 4.08. The molecule has 0 spiro atoms. The molecule has 1 aliphatic rings. The number of hydrazone groups is 1. The van der Waals surface area contributed by atoms with E-state index in [1.165, 1.54) is 6.21 Å². The Balaban J connectivity index is 1.56. The molecular weight excluding hydrogens is 318 g/mol. The van der Waals surface area contributed by atoms with Crippen LogP contribution in [0.4, 0.5) is 0 Å². The van der Waals surface area contributed by atoms with Gasteiger partial charge in [-0.2, -0.15) is 5.10 Å². The minimum Gasteiger partial charge on any atom is -0.486 e. The summed E-state index contributed by atoms with van der Waals surface area (Å²) < 4.78 is 11.1. The number of hydrogen-bond acceptors (Lipinski definition) is 5. The van der Waals surface area contributed by atoms with Gasteiger partial charge < -0.3 is 19.9 Å². The highest BCUT2D eigenvalue weighted by atomic mass is 16.6. The minimum atomic E-state index is -0.200. The van der Waals surface area contributed by atoms with Crippen LogP contribution in [0.5, 0.6) is 11.5 Å². The van der Waals surface area contributed by atoms with Crippen LogP contribution >= 0.6 is 0 Å². The zero-order chi connectivity index (χ0) is 17.1. The molecule has 3 aromatic rings. The summed E-state index contributed by atoms with van der Waals surface area (Å²) in [6, 6.07) is 15.4. The average Bonchev–Trinajstić information content (AvgIpc) is 2.65. The summed E-state index contributed by atoms with van der Waals surface area (Å²) in [4.78, 5) is 15.1. The highest BCUT2D eigenvalue weighted by Gasteiger charge is 2.13. The molecule has 0 atom stereocenters. The molecule has 6 heteroatoms. The van der Waals surface area contributed by atoms with Crippen LogP contribution in [-0.2, 0) is 6.54 Å². The van der Waals surface area contributed by atoms with Gasteiger partial charge >= 0.3 is 0 Å². The molecule has 0 bridgehead atoms. The Morgan fingerprint density at radius 2 is 1.84 bits per heavy atom. The lowest BCUT2D eigenvalue weighted by atomic mass is 10.1. The van der Waals surface area contributed by atoms with Crippen molar-refractivity contribution in [3.05, 3.63) is 70.0 Å². The van der Waals surface area contributed by atoms with Crippen molar-refractivity contribution in [3.8, 4) is 11.5 Å². The van der Waals surface area contributed by atoms with Crippen LogP contribution in [0.1, 0.15) is 11.1 Å². The number of nitrogens with zero attached hydrogens (tertiary/aromatic N) is 1. The molecule has 2 N–H and O–H groups in total. The molecule has 6 nitrogen and oxygen atoms in total. The molecular formula is C19H17N3O3.